The zero-order valence-electron chi connectivity index (χ0n) is 9.69. The van der Waals surface area contributed by atoms with Gasteiger partial charge in [0.2, 0.25) is 0 Å². The summed E-state index contributed by atoms with van der Waals surface area (Å²) in [5.41, 5.74) is -0.408. The maximum absolute atomic E-state index is 12.6. The Morgan fingerprint density at radius 3 is 2.41 bits per heavy atom. The molecule has 94 valence electrons. The Balaban J connectivity index is 3.14. The highest BCUT2D eigenvalue weighted by Gasteiger charge is 2.31. The number of carbonyl (C=O) groups excluding carboxylic acids is 1. The van der Waals surface area contributed by atoms with Crippen LogP contribution in [0.25, 0.3) is 0 Å². The van der Waals surface area contributed by atoms with Crippen molar-refractivity contribution in [2.45, 2.75) is 26.4 Å². The molecule has 0 radical (unpaired) electrons. The first kappa shape index (κ1) is 13.5. The average Bonchev–Trinajstić information content (AvgIpc) is 2.24. The van der Waals surface area contributed by atoms with Gasteiger partial charge in [0.1, 0.15) is 0 Å². The molecule has 0 heterocycles. The number of carbonyl (C=O) groups is 1. The van der Waals surface area contributed by atoms with Gasteiger partial charge in [-0.2, -0.15) is 13.2 Å². The molecule has 1 N–H and O–H groups in total. The lowest BCUT2D eigenvalue weighted by molar-refractivity contribution is -0.137. The highest BCUT2D eigenvalue weighted by atomic mass is 19.4. The summed E-state index contributed by atoms with van der Waals surface area (Å²) in [7, 11) is 0. The maximum Gasteiger partial charge on any atom is 0.416 e. The molecule has 2 nitrogen and oxygen atoms in total. The van der Waals surface area contributed by atoms with Gasteiger partial charge in [0.15, 0.2) is 5.78 Å². The van der Waals surface area contributed by atoms with E-state index >= 15 is 0 Å². The summed E-state index contributed by atoms with van der Waals surface area (Å²) in [6.07, 6.45) is -3.64. The molecule has 0 aliphatic rings. The Morgan fingerprint density at radius 2 is 1.94 bits per heavy atom. The number of nitrogens with one attached hydrogen (secondary N) is 1. The number of ketones is 1. The van der Waals surface area contributed by atoms with Crippen LogP contribution in [0.2, 0.25) is 0 Å². The molecule has 0 aliphatic carbocycles. The molecular formula is C12H14F3NO. The molecule has 0 aromatic heterocycles. The summed E-state index contributed by atoms with van der Waals surface area (Å²) >= 11 is 0. The SMILES string of the molecule is CCCNc1cc(C(C)=O)cc(C(F)(F)F)c1. The third kappa shape index (κ3) is 3.76. The number of halogens is 3. The minimum atomic E-state index is -4.44. The summed E-state index contributed by atoms with van der Waals surface area (Å²) < 4.78 is 37.8. The smallest absolute Gasteiger partial charge is 0.385 e. The molecule has 0 saturated heterocycles. The fraction of sp³-hybridized carbons (Fsp3) is 0.417. The molecular weight excluding hydrogens is 231 g/mol. The van der Waals surface area contributed by atoms with Crippen LogP contribution < -0.4 is 5.32 Å². The van der Waals surface area contributed by atoms with E-state index in [1.165, 1.54) is 13.0 Å². The molecule has 0 atom stereocenters. The largest absolute Gasteiger partial charge is 0.416 e. The first-order valence-electron chi connectivity index (χ1n) is 5.31. The van der Waals surface area contributed by atoms with Crippen LogP contribution >= 0.6 is 0 Å². The minimum absolute atomic E-state index is 0.0680. The van der Waals surface area contributed by atoms with Gasteiger partial charge in [-0.05, 0) is 31.5 Å². The normalized spacial score (nSPS) is 11.4. The van der Waals surface area contributed by atoms with Crippen LogP contribution in [0.3, 0.4) is 0 Å². The Bertz CT molecular complexity index is 413. The van der Waals surface area contributed by atoms with Crippen molar-refractivity contribution in [1.29, 1.82) is 0 Å². The summed E-state index contributed by atoms with van der Waals surface area (Å²) in [6, 6.07) is 3.33. The molecule has 1 aromatic carbocycles. The van der Waals surface area contributed by atoms with Crippen molar-refractivity contribution in [3.05, 3.63) is 29.3 Å². The van der Waals surface area contributed by atoms with Crippen LogP contribution in [0.4, 0.5) is 18.9 Å². The third-order valence-corrected chi connectivity index (χ3v) is 2.25. The lowest BCUT2D eigenvalue weighted by atomic mass is 10.1. The number of Topliss-reactive ketones (excluding diaryl/α,β-unsaturated/α-hetero) is 1. The zero-order valence-corrected chi connectivity index (χ0v) is 9.69. The first-order valence-corrected chi connectivity index (χ1v) is 5.31. The Hall–Kier alpha value is -1.52. The Labute approximate surface area is 97.8 Å². The van der Waals surface area contributed by atoms with Crippen LogP contribution in [-0.4, -0.2) is 12.3 Å². The number of hydrogen-bond donors (Lipinski definition) is 1. The second kappa shape index (κ2) is 5.21. The van der Waals surface area contributed by atoms with Crippen molar-refractivity contribution in [3.8, 4) is 0 Å². The van der Waals surface area contributed by atoms with E-state index in [1.807, 2.05) is 6.92 Å². The van der Waals surface area contributed by atoms with Gasteiger partial charge in [-0.1, -0.05) is 6.92 Å². The van der Waals surface area contributed by atoms with Crippen LogP contribution in [-0.2, 0) is 6.18 Å². The second-order valence-corrected chi connectivity index (χ2v) is 3.78. The molecule has 0 unspecified atom stereocenters. The number of rotatable bonds is 4. The number of hydrogen-bond acceptors (Lipinski definition) is 2. The molecule has 0 aliphatic heterocycles. The second-order valence-electron chi connectivity index (χ2n) is 3.78. The average molecular weight is 245 g/mol. The van der Waals surface area contributed by atoms with Gasteiger partial charge in [0.25, 0.3) is 0 Å². The molecule has 0 bridgehead atoms. The van der Waals surface area contributed by atoms with E-state index in [-0.39, 0.29) is 11.3 Å². The van der Waals surface area contributed by atoms with E-state index in [0.29, 0.717) is 12.2 Å². The van der Waals surface area contributed by atoms with Crippen molar-refractivity contribution in [2.24, 2.45) is 0 Å². The van der Waals surface area contributed by atoms with Gasteiger partial charge < -0.3 is 5.32 Å². The monoisotopic (exact) mass is 245 g/mol. The van der Waals surface area contributed by atoms with E-state index in [1.54, 1.807) is 0 Å². The number of anilines is 1. The van der Waals surface area contributed by atoms with E-state index in [2.05, 4.69) is 5.32 Å². The van der Waals surface area contributed by atoms with Gasteiger partial charge >= 0.3 is 6.18 Å². The number of alkyl halides is 3. The van der Waals surface area contributed by atoms with Gasteiger partial charge in [-0.3, -0.25) is 4.79 Å². The van der Waals surface area contributed by atoms with Gasteiger partial charge in [-0.15, -0.1) is 0 Å². The molecule has 0 fully saturated rings. The number of benzene rings is 1. The lowest BCUT2D eigenvalue weighted by Gasteiger charge is -2.12. The molecule has 1 aromatic rings. The highest BCUT2D eigenvalue weighted by molar-refractivity contribution is 5.95. The summed E-state index contributed by atoms with van der Waals surface area (Å²) in [5.74, 6) is -0.379. The van der Waals surface area contributed by atoms with Crippen LogP contribution in [0, 0.1) is 0 Å². The fourth-order valence-electron chi connectivity index (χ4n) is 1.37. The fourth-order valence-corrected chi connectivity index (χ4v) is 1.37. The van der Waals surface area contributed by atoms with E-state index in [4.69, 9.17) is 0 Å². The van der Waals surface area contributed by atoms with Crippen LogP contribution in [0.5, 0.6) is 0 Å². The zero-order chi connectivity index (χ0) is 13.1. The molecule has 0 saturated carbocycles. The van der Waals surface area contributed by atoms with Crippen molar-refractivity contribution in [1.82, 2.24) is 0 Å². The molecule has 0 amide bonds. The highest BCUT2D eigenvalue weighted by Crippen LogP contribution is 2.32. The quantitative estimate of drug-likeness (QED) is 0.819. The maximum atomic E-state index is 12.6. The van der Waals surface area contributed by atoms with Crippen LogP contribution in [0.15, 0.2) is 18.2 Å². The molecule has 17 heavy (non-hydrogen) atoms. The van der Waals surface area contributed by atoms with E-state index in [9.17, 15) is 18.0 Å². The van der Waals surface area contributed by atoms with E-state index in [0.717, 1.165) is 18.6 Å². The Kier molecular flexibility index (Phi) is 4.15. The topological polar surface area (TPSA) is 29.1 Å². The molecule has 5 heteroatoms. The molecule has 1 rings (SSSR count). The third-order valence-electron chi connectivity index (χ3n) is 2.25. The predicted molar refractivity (Wildman–Crippen MR) is 60.2 cm³/mol. The van der Waals surface area contributed by atoms with Gasteiger partial charge in [0, 0.05) is 17.8 Å². The van der Waals surface area contributed by atoms with Gasteiger partial charge in [-0.25, -0.2) is 0 Å². The summed E-state index contributed by atoms with van der Waals surface area (Å²) in [4.78, 5) is 11.2. The van der Waals surface area contributed by atoms with Crippen molar-refractivity contribution >= 4 is 11.5 Å². The molecule has 0 spiro atoms. The Morgan fingerprint density at radius 1 is 1.29 bits per heavy atom. The van der Waals surface area contributed by atoms with E-state index < -0.39 is 11.7 Å². The lowest BCUT2D eigenvalue weighted by Crippen LogP contribution is -2.09. The van der Waals surface area contributed by atoms with Crippen molar-refractivity contribution < 1.29 is 18.0 Å². The predicted octanol–water partition coefficient (Wildman–Crippen LogP) is 3.73. The van der Waals surface area contributed by atoms with Crippen LogP contribution in [0.1, 0.15) is 36.2 Å². The van der Waals surface area contributed by atoms with Crippen molar-refractivity contribution in [2.75, 3.05) is 11.9 Å². The first-order chi connectivity index (χ1) is 7.84. The standard InChI is InChI=1S/C12H14F3NO/c1-3-4-16-11-6-9(8(2)17)5-10(7-11)12(13,14)15/h5-7,16H,3-4H2,1-2H3. The summed E-state index contributed by atoms with van der Waals surface area (Å²) in [5, 5.41) is 2.85. The van der Waals surface area contributed by atoms with Gasteiger partial charge in [0.05, 0.1) is 5.56 Å². The minimum Gasteiger partial charge on any atom is -0.385 e. The summed E-state index contributed by atoms with van der Waals surface area (Å²) in [6.45, 7) is 3.73. The van der Waals surface area contributed by atoms with Crippen molar-refractivity contribution in [3.63, 3.8) is 0 Å².